The maximum atomic E-state index is 13.8. The van der Waals surface area contributed by atoms with Crippen LogP contribution in [0.15, 0.2) is 28.9 Å². The molecule has 0 saturated carbocycles. The summed E-state index contributed by atoms with van der Waals surface area (Å²) in [5.41, 5.74) is 5.24. The monoisotopic (exact) mass is 619 g/mol. The Morgan fingerprint density at radius 3 is 2.25 bits per heavy atom. The van der Waals surface area contributed by atoms with Gasteiger partial charge in [0.1, 0.15) is 18.1 Å². The molecule has 1 saturated heterocycles. The number of hydrazine groups is 1. The van der Waals surface area contributed by atoms with Crippen LogP contribution in [0.5, 0.6) is 0 Å². The van der Waals surface area contributed by atoms with Gasteiger partial charge in [-0.2, -0.15) is 0 Å². The van der Waals surface area contributed by atoms with E-state index in [0.717, 1.165) is 53.4 Å². The van der Waals surface area contributed by atoms with E-state index in [1.54, 1.807) is 0 Å². The van der Waals surface area contributed by atoms with Crippen molar-refractivity contribution in [1.82, 2.24) is 26.1 Å². The number of unbranched alkanes of at least 4 members (excludes halogenated alkanes) is 1. The van der Waals surface area contributed by atoms with E-state index in [1.165, 1.54) is 19.3 Å². The molecule has 3 rings (SSSR count). The van der Waals surface area contributed by atoms with E-state index in [0.29, 0.717) is 19.3 Å². The zero-order valence-electron chi connectivity index (χ0n) is 24.1. The molecule has 2 amide bonds. The molecule has 1 fully saturated rings. The van der Waals surface area contributed by atoms with Crippen molar-refractivity contribution in [3.63, 3.8) is 0 Å². The van der Waals surface area contributed by atoms with E-state index in [-0.39, 0.29) is 18.2 Å². The lowest BCUT2D eigenvalue weighted by atomic mass is 10.0. The third-order valence-corrected chi connectivity index (χ3v) is 8.16. The van der Waals surface area contributed by atoms with Crippen molar-refractivity contribution in [2.24, 2.45) is 5.92 Å². The minimum atomic E-state index is -1.07. The van der Waals surface area contributed by atoms with Gasteiger partial charge in [-0.05, 0) is 59.2 Å². The highest BCUT2D eigenvalue weighted by molar-refractivity contribution is 9.10. The second-order valence-corrected chi connectivity index (χ2v) is 12.1. The van der Waals surface area contributed by atoms with Gasteiger partial charge in [0.05, 0.1) is 4.60 Å². The normalized spacial score (nSPS) is 17.1. The quantitative estimate of drug-likeness (QED) is 0.205. The summed E-state index contributed by atoms with van der Waals surface area (Å²) in [5, 5.41) is 18.5. The average molecular weight is 621 g/mol. The zero-order valence-corrected chi connectivity index (χ0v) is 25.7. The van der Waals surface area contributed by atoms with Crippen LogP contribution in [0.1, 0.15) is 84.1 Å². The number of para-hydroxylation sites is 1. The minimum absolute atomic E-state index is 0.209. The molecule has 2 heterocycles. The van der Waals surface area contributed by atoms with Gasteiger partial charge in [-0.1, -0.05) is 71.1 Å². The standard InChI is InChI=1S/C30H46BrN5O4/c1-4-5-14-24(30(39)40)33-28(37)25(19-22-21-13-9-10-15-23(21)32-27(22)31)34-29(38)26(18-20(2)3)35-36-16-11-7-6-8-12-17-36/h9-10,13,15,20,24-26,32,35H,4-8,11-12,14,16-19H2,1-3H3,(H,33,37)(H,34,38)(H,39,40)/t24-,25-,26+/m1/s1. The number of aromatic nitrogens is 1. The molecule has 0 unspecified atom stereocenters. The molecule has 10 heteroatoms. The number of carboxylic acid groups (broad SMARTS) is 1. The number of hydrogen-bond donors (Lipinski definition) is 5. The summed E-state index contributed by atoms with van der Waals surface area (Å²) in [6, 6.07) is 5.32. The molecule has 1 aromatic heterocycles. The lowest BCUT2D eigenvalue weighted by Crippen LogP contribution is -2.58. The van der Waals surface area contributed by atoms with Crippen LogP contribution in [0.4, 0.5) is 0 Å². The van der Waals surface area contributed by atoms with Gasteiger partial charge in [-0.3, -0.25) is 9.59 Å². The van der Waals surface area contributed by atoms with Gasteiger partial charge in [-0.15, -0.1) is 0 Å². The first-order valence-corrected chi connectivity index (χ1v) is 15.6. The van der Waals surface area contributed by atoms with Crippen molar-refractivity contribution in [3.8, 4) is 0 Å². The van der Waals surface area contributed by atoms with E-state index in [4.69, 9.17) is 0 Å². The first-order valence-electron chi connectivity index (χ1n) is 14.8. The number of aliphatic carboxylic acids is 1. The summed E-state index contributed by atoms with van der Waals surface area (Å²) >= 11 is 3.59. The average Bonchev–Trinajstić information content (AvgIpc) is 3.21. The van der Waals surface area contributed by atoms with Gasteiger partial charge < -0.3 is 20.7 Å². The first-order chi connectivity index (χ1) is 19.2. The van der Waals surface area contributed by atoms with Crippen molar-refractivity contribution < 1.29 is 19.5 Å². The van der Waals surface area contributed by atoms with E-state index < -0.39 is 30.0 Å². The van der Waals surface area contributed by atoms with E-state index in [2.05, 4.69) is 55.8 Å². The largest absolute Gasteiger partial charge is 0.480 e. The summed E-state index contributed by atoms with van der Waals surface area (Å²) in [6.07, 6.45) is 8.43. The smallest absolute Gasteiger partial charge is 0.326 e. The van der Waals surface area contributed by atoms with Crippen molar-refractivity contribution in [1.29, 1.82) is 0 Å². The van der Waals surface area contributed by atoms with Gasteiger partial charge in [-0.25, -0.2) is 15.2 Å². The van der Waals surface area contributed by atoms with Crippen LogP contribution in [0, 0.1) is 5.92 Å². The Hall–Kier alpha value is -2.43. The highest BCUT2D eigenvalue weighted by Crippen LogP contribution is 2.28. The SMILES string of the molecule is CCCC[C@@H](NC(=O)[C@@H](Cc1c(Br)[nH]c2ccccc12)NC(=O)[C@H](CC(C)C)NN1CCCCCCC1)C(=O)O. The molecule has 3 atom stereocenters. The highest BCUT2D eigenvalue weighted by atomic mass is 79.9. The predicted molar refractivity (Wildman–Crippen MR) is 162 cm³/mol. The Morgan fingerprint density at radius 1 is 0.975 bits per heavy atom. The van der Waals surface area contributed by atoms with E-state index in [9.17, 15) is 19.5 Å². The number of carboxylic acids is 1. The number of nitrogens with one attached hydrogen (secondary N) is 4. The highest BCUT2D eigenvalue weighted by Gasteiger charge is 2.31. The number of H-pyrrole nitrogens is 1. The molecule has 1 aliphatic heterocycles. The van der Waals surface area contributed by atoms with Crippen molar-refractivity contribution in [2.45, 2.75) is 103 Å². The van der Waals surface area contributed by atoms with Crippen LogP contribution in [-0.2, 0) is 20.8 Å². The maximum absolute atomic E-state index is 13.8. The zero-order chi connectivity index (χ0) is 29.1. The van der Waals surface area contributed by atoms with E-state index in [1.807, 2.05) is 31.2 Å². The summed E-state index contributed by atoms with van der Waals surface area (Å²) in [5.74, 6) is -1.56. The molecule has 0 aliphatic carbocycles. The van der Waals surface area contributed by atoms with Crippen LogP contribution in [0.25, 0.3) is 10.9 Å². The minimum Gasteiger partial charge on any atom is -0.480 e. The second-order valence-electron chi connectivity index (χ2n) is 11.3. The topological polar surface area (TPSA) is 127 Å². The van der Waals surface area contributed by atoms with Crippen LogP contribution < -0.4 is 16.1 Å². The van der Waals surface area contributed by atoms with Crippen LogP contribution in [0.3, 0.4) is 0 Å². The molecule has 5 N–H and O–H groups in total. The number of hydrogen-bond acceptors (Lipinski definition) is 5. The molecule has 40 heavy (non-hydrogen) atoms. The van der Waals surface area contributed by atoms with Gasteiger partial charge in [0.15, 0.2) is 0 Å². The Bertz CT molecular complexity index is 1110. The van der Waals surface area contributed by atoms with Crippen LogP contribution >= 0.6 is 15.9 Å². The molecule has 1 aromatic carbocycles. The Kier molecular flexibility index (Phi) is 12.9. The first kappa shape index (κ1) is 32.1. The van der Waals surface area contributed by atoms with Gasteiger partial charge in [0, 0.05) is 30.4 Å². The van der Waals surface area contributed by atoms with Gasteiger partial charge in [0.25, 0.3) is 0 Å². The lowest BCUT2D eigenvalue weighted by Gasteiger charge is -2.31. The lowest BCUT2D eigenvalue weighted by molar-refractivity contribution is -0.142. The summed E-state index contributed by atoms with van der Waals surface area (Å²) < 4.78 is 0.735. The Labute approximate surface area is 246 Å². The summed E-state index contributed by atoms with van der Waals surface area (Å²) in [4.78, 5) is 42.6. The number of aromatic amines is 1. The molecular formula is C30H46BrN5O4. The summed E-state index contributed by atoms with van der Waals surface area (Å²) in [7, 11) is 0. The number of nitrogens with zero attached hydrogens (tertiary/aromatic N) is 1. The Morgan fingerprint density at radius 2 is 1.60 bits per heavy atom. The number of amides is 2. The van der Waals surface area contributed by atoms with Gasteiger partial charge >= 0.3 is 5.97 Å². The maximum Gasteiger partial charge on any atom is 0.326 e. The summed E-state index contributed by atoms with van der Waals surface area (Å²) in [6.45, 7) is 7.89. The van der Waals surface area contributed by atoms with E-state index >= 15 is 0 Å². The molecule has 0 bridgehead atoms. The molecule has 0 spiro atoms. The fourth-order valence-corrected chi connectivity index (χ4v) is 5.87. The van der Waals surface area contributed by atoms with Crippen molar-refractivity contribution >= 4 is 44.6 Å². The molecule has 1 aliphatic rings. The van der Waals surface area contributed by atoms with Crippen molar-refractivity contribution in [2.75, 3.05) is 13.1 Å². The Balaban J connectivity index is 1.85. The number of carbonyl (C=O) groups is 3. The number of halogens is 1. The molecule has 2 aromatic rings. The molecule has 222 valence electrons. The number of fused-ring (bicyclic) bond motifs is 1. The number of benzene rings is 1. The third-order valence-electron chi connectivity index (χ3n) is 7.48. The molecule has 0 radical (unpaired) electrons. The number of rotatable bonds is 14. The molecule has 9 nitrogen and oxygen atoms in total. The predicted octanol–water partition coefficient (Wildman–Crippen LogP) is 4.90. The number of carbonyl (C=O) groups excluding carboxylic acids is 2. The van der Waals surface area contributed by atoms with Crippen LogP contribution in [-0.4, -0.2) is 64.1 Å². The van der Waals surface area contributed by atoms with Gasteiger partial charge in [0.2, 0.25) is 11.8 Å². The fraction of sp³-hybridized carbons (Fsp3) is 0.633. The third kappa shape index (κ3) is 9.59. The second kappa shape index (κ2) is 16.1. The van der Waals surface area contributed by atoms with Crippen LogP contribution in [0.2, 0.25) is 0 Å². The fourth-order valence-electron chi connectivity index (χ4n) is 5.28. The molecular weight excluding hydrogens is 574 g/mol. The van der Waals surface area contributed by atoms with Crippen molar-refractivity contribution in [3.05, 3.63) is 34.4 Å².